The predicted molar refractivity (Wildman–Crippen MR) is 73.7 cm³/mol. The Kier molecular flexibility index (Phi) is 4.14. The van der Waals surface area contributed by atoms with E-state index in [-0.39, 0.29) is 18.5 Å². The van der Waals surface area contributed by atoms with Crippen molar-refractivity contribution in [3.8, 4) is 0 Å². The van der Waals surface area contributed by atoms with E-state index < -0.39 is 17.9 Å². The molecule has 1 amide bonds. The second-order valence-corrected chi connectivity index (χ2v) is 5.15. The minimum absolute atomic E-state index is 0.0227. The normalized spacial score (nSPS) is 12.2. The van der Waals surface area contributed by atoms with Gasteiger partial charge in [-0.2, -0.15) is 0 Å². The molecule has 2 heterocycles. The average molecular weight is 295 g/mol. The van der Waals surface area contributed by atoms with Crippen molar-refractivity contribution in [2.75, 3.05) is 0 Å². The van der Waals surface area contributed by atoms with Crippen LogP contribution in [0, 0.1) is 0 Å². The SMILES string of the molecule is C[C@H](NC(=O)CCn1cnc2sccc2c1=O)C(=O)O. The lowest BCUT2D eigenvalue weighted by molar-refractivity contribution is -0.141. The van der Waals surface area contributed by atoms with E-state index >= 15 is 0 Å². The van der Waals surface area contributed by atoms with Crippen molar-refractivity contribution in [3.63, 3.8) is 0 Å². The quantitative estimate of drug-likeness (QED) is 0.833. The first-order chi connectivity index (χ1) is 9.49. The molecule has 0 aromatic carbocycles. The summed E-state index contributed by atoms with van der Waals surface area (Å²) in [6.45, 7) is 1.54. The number of nitrogens with one attached hydrogen (secondary N) is 1. The predicted octanol–water partition coefficient (Wildman–Crippen LogP) is 0.437. The molecule has 0 aliphatic rings. The molecular formula is C12H13N3O4S. The van der Waals surface area contributed by atoms with Gasteiger partial charge in [-0.1, -0.05) is 0 Å². The third-order valence-corrected chi connectivity index (χ3v) is 3.60. The van der Waals surface area contributed by atoms with Crippen LogP contribution >= 0.6 is 11.3 Å². The fraction of sp³-hybridized carbons (Fsp3) is 0.333. The third-order valence-electron chi connectivity index (χ3n) is 2.78. The van der Waals surface area contributed by atoms with E-state index in [9.17, 15) is 14.4 Å². The molecule has 2 rings (SSSR count). The van der Waals surface area contributed by atoms with Crippen LogP contribution in [0.1, 0.15) is 13.3 Å². The summed E-state index contributed by atoms with van der Waals surface area (Å²) >= 11 is 1.38. The summed E-state index contributed by atoms with van der Waals surface area (Å²) in [6.07, 6.45) is 1.42. The topological polar surface area (TPSA) is 101 Å². The van der Waals surface area contributed by atoms with Gasteiger partial charge in [0.15, 0.2) is 0 Å². The molecule has 2 N–H and O–H groups in total. The molecule has 0 aliphatic carbocycles. The highest BCUT2D eigenvalue weighted by atomic mass is 32.1. The Morgan fingerprint density at radius 3 is 3.00 bits per heavy atom. The van der Waals surface area contributed by atoms with Crippen LogP contribution in [0.4, 0.5) is 0 Å². The van der Waals surface area contributed by atoms with Gasteiger partial charge in [0.2, 0.25) is 5.91 Å². The number of carbonyl (C=O) groups excluding carboxylic acids is 1. The maximum atomic E-state index is 12.0. The van der Waals surface area contributed by atoms with E-state index in [1.165, 1.54) is 29.2 Å². The molecule has 1 atom stereocenters. The van der Waals surface area contributed by atoms with Gasteiger partial charge in [-0.3, -0.25) is 19.0 Å². The number of aryl methyl sites for hydroxylation is 1. The number of hydrogen-bond acceptors (Lipinski definition) is 5. The Morgan fingerprint density at radius 1 is 1.55 bits per heavy atom. The lowest BCUT2D eigenvalue weighted by atomic mass is 10.3. The molecule has 0 radical (unpaired) electrons. The maximum absolute atomic E-state index is 12.0. The van der Waals surface area contributed by atoms with Crippen LogP contribution in [0.25, 0.3) is 10.2 Å². The number of thiophene rings is 1. The van der Waals surface area contributed by atoms with Crippen LogP contribution in [-0.2, 0) is 16.1 Å². The Hall–Kier alpha value is -2.22. The zero-order chi connectivity index (χ0) is 14.7. The Morgan fingerprint density at radius 2 is 2.30 bits per heavy atom. The van der Waals surface area contributed by atoms with E-state index in [1.807, 2.05) is 0 Å². The molecule has 106 valence electrons. The largest absolute Gasteiger partial charge is 0.480 e. The molecular weight excluding hydrogens is 282 g/mol. The van der Waals surface area contributed by atoms with E-state index in [4.69, 9.17) is 5.11 Å². The average Bonchev–Trinajstić information content (AvgIpc) is 2.87. The Balaban J connectivity index is 2.02. The molecule has 0 saturated heterocycles. The van der Waals surface area contributed by atoms with Gasteiger partial charge in [-0.25, -0.2) is 4.98 Å². The fourth-order valence-electron chi connectivity index (χ4n) is 1.65. The second-order valence-electron chi connectivity index (χ2n) is 4.26. The Bertz CT molecular complexity index is 706. The number of carboxylic acid groups (broad SMARTS) is 1. The maximum Gasteiger partial charge on any atom is 0.325 e. The molecule has 8 heteroatoms. The zero-order valence-electron chi connectivity index (χ0n) is 10.7. The number of aromatic nitrogens is 2. The number of carboxylic acids is 1. The van der Waals surface area contributed by atoms with Gasteiger partial charge in [0.05, 0.1) is 11.7 Å². The van der Waals surface area contributed by atoms with Gasteiger partial charge in [0, 0.05) is 13.0 Å². The van der Waals surface area contributed by atoms with Crippen molar-refractivity contribution < 1.29 is 14.7 Å². The number of aliphatic carboxylic acids is 1. The molecule has 0 aliphatic heterocycles. The van der Waals surface area contributed by atoms with Crippen LogP contribution in [-0.4, -0.2) is 32.6 Å². The van der Waals surface area contributed by atoms with Gasteiger partial charge in [0.25, 0.3) is 5.56 Å². The summed E-state index contributed by atoms with van der Waals surface area (Å²) < 4.78 is 1.35. The lowest BCUT2D eigenvalue weighted by Crippen LogP contribution is -2.39. The summed E-state index contributed by atoms with van der Waals surface area (Å²) in [5, 5.41) is 13.3. The monoisotopic (exact) mass is 295 g/mol. The first kappa shape index (κ1) is 14.2. The molecule has 0 saturated carbocycles. The minimum Gasteiger partial charge on any atom is -0.480 e. The number of carbonyl (C=O) groups is 2. The van der Waals surface area contributed by atoms with Crippen LogP contribution in [0.5, 0.6) is 0 Å². The van der Waals surface area contributed by atoms with E-state index in [0.29, 0.717) is 10.2 Å². The second kappa shape index (κ2) is 5.83. The van der Waals surface area contributed by atoms with Crippen molar-refractivity contribution in [1.82, 2.24) is 14.9 Å². The first-order valence-corrected chi connectivity index (χ1v) is 6.82. The number of nitrogens with zero attached hydrogens (tertiary/aromatic N) is 2. The lowest BCUT2D eigenvalue weighted by Gasteiger charge is -2.09. The molecule has 0 spiro atoms. The van der Waals surface area contributed by atoms with Crippen molar-refractivity contribution in [3.05, 3.63) is 28.1 Å². The molecule has 0 fully saturated rings. The van der Waals surface area contributed by atoms with Crippen molar-refractivity contribution in [2.45, 2.75) is 25.9 Å². The highest BCUT2D eigenvalue weighted by Gasteiger charge is 2.14. The fourth-order valence-corrected chi connectivity index (χ4v) is 2.37. The number of rotatable bonds is 5. The highest BCUT2D eigenvalue weighted by Crippen LogP contribution is 2.13. The zero-order valence-corrected chi connectivity index (χ0v) is 11.5. The highest BCUT2D eigenvalue weighted by molar-refractivity contribution is 7.16. The smallest absolute Gasteiger partial charge is 0.325 e. The molecule has 20 heavy (non-hydrogen) atoms. The number of hydrogen-bond donors (Lipinski definition) is 2. The van der Waals surface area contributed by atoms with Crippen molar-refractivity contribution in [2.24, 2.45) is 0 Å². The summed E-state index contributed by atoms with van der Waals surface area (Å²) in [7, 11) is 0. The van der Waals surface area contributed by atoms with Gasteiger partial charge >= 0.3 is 5.97 Å². The van der Waals surface area contributed by atoms with Crippen LogP contribution < -0.4 is 10.9 Å². The van der Waals surface area contributed by atoms with Gasteiger partial charge in [-0.05, 0) is 18.4 Å². The van der Waals surface area contributed by atoms with Crippen molar-refractivity contribution >= 4 is 33.4 Å². The summed E-state index contributed by atoms with van der Waals surface area (Å²) in [5.74, 6) is -1.52. The van der Waals surface area contributed by atoms with Crippen LogP contribution in [0.2, 0.25) is 0 Å². The van der Waals surface area contributed by atoms with Gasteiger partial charge in [-0.15, -0.1) is 11.3 Å². The third kappa shape index (κ3) is 3.02. The van der Waals surface area contributed by atoms with Crippen molar-refractivity contribution in [1.29, 1.82) is 0 Å². The molecule has 2 aromatic heterocycles. The summed E-state index contributed by atoms with van der Waals surface area (Å²) in [4.78, 5) is 39.0. The van der Waals surface area contributed by atoms with E-state index in [1.54, 1.807) is 11.4 Å². The molecule has 2 aromatic rings. The molecule has 0 unspecified atom stereocenters. The Labute approximate surface area is 117 Å². The number of fused-ring (bicyclic) bond motifs is 1. The summed E-state index contributed by atoms with van der Waals surface area (Å²) in [6, 6.07) is 0.745. The summed E-state index contributed by atoms with van der Waals surface area (Å²) in [5.41, 5.74) is -0.199. The number of amides is 1. The van der Waals surface area contributed by atoms with Crippen LogP contribution in [0.15, 0.2) is 22.6 Å². The molecule has 7 nitrogen and oxygen atoms in total. The van der Waals surface area contributed by atoms with Crippen LogP contribution in [0.3, 0.4) is 0 Å². The van der Waals surface area contributed by atoms with Gasteiger partial charge in [0.1, 0.15) is 10.9 Å². The minimum atomic E-state index is -1.10. The molecule has 0 bridgehead atoms. The first-order valence-electron chi connectivity index (χ1n) is 5.94. The standard InChI is InChI=1S/C12H13N3O4S/c1-7(12(18)19)14-9(16)2-4-15-6-13-10-8(11(15)17)3-5-20-10/h3,5-7H,2,4H2,1H3,(H,14,16)(H,18,19)/t7-/m0/s1. The van der Waals surface area contributed by atoms with E-state index in [0.717, 1.165) is 0 Å². The van der Waals surface area contributed by atoms with E-state index in [2.05, 4.69) is 10.3 Å². The van der Waals surface area contributed by atoms with Gasteiger partial charge < -0.3 is 10.4 Å².